The maximum Gasteiger partial charge on any atom is 0.323 e. The molecule has 1 saturated heterocycles. The molecule has 4 bridgehead atoms. The molecule has 0 amide bonds. The second-order valence-corrected chi connectivity index (χ2v) is 6.98. The molecule has 5 rings (SSSR count). The second kappa shape index (κ2) is 4.22. The van der Waals surface area contributed by atoms with E-state index in [1.165, 1.54) is 32.1 Å². The van der Waals surface area contributed by atoms with Crippen LogP contribution in [-0.2, 0) is 9.53 Å². The number of carbonyl (C=O) groups excluding carboxylic acids is 1. The summed E-state index contributed by atoms with van der Waals surface area (Å²) in [5.41, 5.74) is 0. The first-order valence-electron chi connectivity index (χ1n) is 7.73. The van der Waals surface area contributed by atoms with Crippen molar-refractivity contribution in [3.05, 3.63) is 0 Å². The summed E-state index contributed by atoms with van der Waals surface area (Å²) in [6, 6.07) is -0.0119. The molecule has 1 heterocycles. The van der Waals surface area contributed by atoms with E-state index in [1.54, 1.807) is 0 Å². The summed E-state index contributed by atoms with van der Waals surface area (Å²) in [5.74, 6) is 3.31. The van der Waals surface area contributed by atoms with Gasteiger partial charge in [0, 0.05) is 0 Å². The molecule has 0 aromatic rings. The van der Waals surface area contributed by atoms with Gasteiger partial charge in [-0.3, -0.25) is 4.79 Å². The highest BCUT2D eigenvalue weighted by molar-refractivity contribution is 5.76. The van der Waals surface area contributed by atoms with Gasteiger partial charge in [-0.15, -0.1) is 0 Å². The van der Waals surface area contributed by atoms with Gasteiger partial charge in [0.15, 0.2) is 0 Å². The summed E-state index contributed by atoms with van der Waals surface area (Å²) in [5, 5.41) is 3.25. The summed E-state index contributed by atoms with van der Waals surface area (Å²) in [7, 11) is 0. The molecule has 4 aliphatic carbocycles. The Labute approximate surface area is 109 Å². The highest BCUT2D eigenvalue weighted by atomic mass is 16.5. The molecule has 0 aromatic carbocycles. The van der Waals surface area contributed by atoms with Gasteiger partial charge in [-0.2, -0.15) is 0 Å². The lowest BCUT2D eigenvalue weighted by Crippen LogP contribution is -2.51. The van der Waals surface area contributed by atoms with Gasteiger partial charge in [-0.25, -0.2) is 0 Å². The molecule has 0 aromatic heterocycles. The average Bonchev–Trinajstić information content (AvgIpc) is 2.86. The molecule has 0 radical (unpaired) electrons. The number of ether oxygens (including phenoxy) is 1. The molecule has 1 unspecified atom stereocenters. The largest absolute Gasteiger partial charge is 0.461 e. The third-order valence-electron chi connectivity index (χ3n) is 5.74. The van der Waals surface area contributed by atoms with Crippen LogP contribution in [0.15, 0.2) is 0 Å². The van der Waals surface area contributed by atoms with E-state index >= 15 is 0 Å². The van der Waals surface area contributed by atoms with Crippen molar-refractivity contribution in [2.24, 2.45) is 23.7 Å². The molecule has 5 aliphatic rings. The minimum Gasteiger partial charge on any atom is -0.461 e. The van der Waals surface area contributed by atoms with Gasteiger partial charge in [0.05, 0.1) is 0 Å². The normalized spacial score (nSPS) is 49.6. The number of carbonyl (C=O) groups is 1. The fraction of sp³-hybridized carbons (Fsp3) is 0.933. The Hall–Kier alpha value is -0.570. The van der Waals surface area contributed by atoms with Crippen molar-refractivity contribution in [2.45, 2.75) is 57.1 Å². The van der Waals surface area contributed by atoms with Crippen LogP contribution < -0.4 is 5.32 Å². The van der Waals surface area contributed by atoms with Crippen molar-refractivity contribution >= 4 is 5.97 Å². The SMILES string of the molecule is O=C(OC1C2CC3CC(C2)CC1C3)C1CCCN1. The van der Waals surface area contributed by atoms with E-state index in [0.717, 1.165) is 31.2 Å². The van der Waals surface area contributed by atoms with E-state index < -0.39 is 0 Å². The van der Waals surface area contributed by atoms with Gasteiger partial charge in [0.25, 0.3) is 0 Å². The summed E-state index contributed by atoms with van der Waals surface area (Å²) in [4.78, 5) is 12.2. The van der Waals surface area contributed by atoms with Crippen molar-refractivity contribution in [2.75, 3.05) is 6.54 Å². The lowest BCUT2D eigenvalue weighted by molar-refractivity contribution is -0.172. The van der Waals surface area contributed by atoms with Crippen LogP contribution in [-0.4, -0.2) is 24.7 Å². The predicted octanol–water partition coefficient (Wildman–Crippen LogP) is 2.11. The number of esters is 1. The number of nitrogens with one attached hydrogen (secondary N) is 1. The van der Waals surface area contributed by atoms with Gasteiger partial charge in [0.2, 0.25) is 0 Å². The van der Waals surface area contributed by atoms with Crippen LogP contribution in [0, 0.1) is 23.7 Å². The molecule has 0 spiro atoms. The molecule has 3 nitrogen and oxygen atoms in total. The van der Waals surface area contributed by atoms with Crippen molar-refractivity contribution in [1.82, 2.24) is 5.32 Å². The molecule has 3 heteroatoms. The van der Waals surface area contributed by atoms with Crippen molar-refractivity contribution in [1.29, 1.82) is 0 Å². The molecule has 1 aliphatic heterocycles. The van der Waals surface area contributed by atoms with Crippen molar-refractivity contribution in [3.63, 3.8) is 0 Å². The quantitative estimate of drug-likeness (QED) is 0.762. The number of rotatable bonds is 2. The molecule has 5 fully saturated rings. The zero-order valence-corrected chi connectivity index (χ0v) is 10.9. The van der Waals surface area contributed by atoms with Gasteiger partial charge in [0.1, 0.15) is 12.1 Å². The van der Waals surface area contributed by atoms with Gasteiger partial charge in [-0.05, 0) is 75.2 Å². The van der Waals surface area contributed by atoms with Crippen LogP contribution in [0.2, 0.25) is 0 Å². The minimum absolute atomic E-state index is 0.0119. The van der Waals surface area contributed by atoms with Gasteiger partial charge in [-0.1, -0.05) is 0 Å². The molecule has 100 valence electrons. The number of hydrogen-bond acceptors (Lipinski definition) is 3. The van der Waals surface area contributed by atoms with Crippen molar-refractivity contribution in [3.8, 4) is 0 Å². The van der Waals surface area contributed by atoms with E-state index in [-0.39, 0.29) is 18.1 Å². The van der Waals surface area contributed by atoms with Crippen LogP contribution in [0.5, 0.6) is 0 Å². The first-order chi connectivity index (χ1) is 8.79. The first kappa shape index (κ1) is 11.3. The summed E-state index contributed by atoms with van der Waals surface area (Å²) >= 11 is 0. The summed E-state index contributed by atoms with van der Waals surface area (Å²) < 4.78 is 5.91. The fourth-order valence-corrected chi connectivity index (χ4v) is 5.17. The smallest absolute Gasteiger partial charge is 0.323 e. The molecule has 18 heavy (non-hydrogen) atoms. The predicted molar refractivity (Wildman–Crippen MR) is 67.9 cm³/mol. The molecule has 4 saturated carbocycles. The van der Waals surface area contributed by atoms with E-state index in [1.807, 2.05) is 0 Å². The maximum absolute atomic E-state index is 12.2. The lowest BCUT2D eigenvalue weighted by Gasteiger charge is -2.53. The van der Waals surface area contributed by atoms with Crippen LogP contribution in [0.1, 0.15) is 44.9 Å². The Morgan fingerprint density at radius 3 is 2.22 bits per heavy atom. The zero-order chi connectivity index (χ0) is 12.1. The summed E-state index contributed by atoms with van der Waals surface area (Å²) in [6.07, 6.45) is 9.08. The van der Waals surface area contributed by atoms with Crippen LogP contribution >= 0.6 is 0 Å². The monoisotopic (exact) mass is 249 g/mol. The summed E-state index contributed by atoms with van der Waals surface area (Å²) in [6.45, 7) is 0.974. The zero-order valence-electron chi connectivity index (χ0n) is 10.9. The Balaban J connectivity index is 1.44. The Bertz CT molecular complexity index is 320. The van der Waals surface area contributed by atoms with Crippen molar-refractivity contribution < 1.29 is 9.53 Å². The molecular weight excluding hydrogens is 226 g/mol. The molecule has 1 atom stereocenters. The van der Waals surface area contributed by atoms with E-state index in [4.69, 9.17) is 4.74 Å². The Kier molecular flexibility index (Phi) is 2.65. The lowest BCUT2D eigenvalue weighted by atomic mass is 9.55. The minimum atomic E-state index is -0.0119. The number of hydrogen-bond donors (Lipinski definition) is 1. The second-order valence-electron chi connectivity index (χ2n) is 6.98. The highest BCUT2D eigenvalue weighted by Gasteiger charge is 2.50. The highest BCUT2D eigenvalue weighted by Crippen LogP contribution is 2.54. The maximum atomic E-state index is 12.2. The van der Waals surface area contributed by atoms with E-state index in [9.17, 15) is 4.79 Å². The van der Waals surface area contributed by atoms with Gasteiger partial charge < -0.3 is 10.1 Å². The van der Waals surface area contributed by atoms with E-state index in [0.29, 0.717) is 11.8 Å². The standard InChI is InChI=1S/C15H23NO2/c17-15(13-2-1-3-16-13)18-14-11-5-9-4-10(7-11)8-12(14)6-9/h9-14,16H,1-8H2. The average molecular weight is 249 g/mol. The third-order valence-corrected chi connectivity index (χ3v) is 5.74. The van der Waals surface area contributed by atoms with Crippen LogP contribution in [0.4, 0.5) is 0 Å². The van der Waals surface area contributed by atoms with E-state index in [2.05, 4.69) is 5.32 Å². The van der Waals surface area contributed by atoms with Crippen LogP contribution in [0.3, 0.4) is 0 Å². The Morgan fingerprint density at radius 2 is 1.67 bits per heavy atom. The topological polar surface area (TPSA) is 38.3 Å². The molecule has 1 N–H and O–H groups in total. The van der Waals surface area contributed by atoms with Crippen LogP contribution in [0.25, 0.3) is 0 Å². The fourth-order valence-electron chi connectivity index (χ4n) is 5.17. The first-order valence-corrected chi connectivity index (χ1v) is 7.73. The molecular formula is C15H23NO2. The Morgan fingerprint density at radius 1 is 1.00 bits per heavy atom. The third kappa shape index (κ3) is 1.78. The van der Waals surface area contributed by atoms with Gasteiger partial charge >= 0.3 is 5.97 Å².